The van der Waals surface area contributed by atoms with Crippen LogP contribution in [0.5, 0.6) is 0 Å². The summed E-state index contributed by atoms with van der Waals surface area (Å²) in [5.41, 5.74) is 2.74. The third kappa shape index (κ3) is 3.86. The lowest BCUT2D eigenvalue weighted by atomic mass is 10.1. The minimum atomic E-state index is -0.405. The molecular weight excluding hydrogens is 373 g/mol. The molecule has 0 radical (unpaired) electrons. The number of ether oxygens (including phenoxy) is 1. The number of aryl methyl sites for hydroxylation is 1. The third-order valence-corrected chi connectivity index (χ3v) is 5.07. The predicted molar refractivity (Wildman–Crippen MR) is 109 cm³/mol. The fraction of sp³-hybridized carbons (Fsp3) is 0.273. The van der Waals surface area contributed by atoms with E-state index >= 15 is 0 Å². The Hall–Kier alpha value is -3.19. The zero-order valence-electron chi connectivity index (χ0n) is 16.3. The van der Waals surface area contributed by atoms with E-state index in [9.17, 15) is 14.0 Å². The van der Waals surface area contributed by atoms with Crippen LogP contribution >= 0.6 is 0 Å². The summed E-state index contributed by atoms with van der Waals surface area (Å²) >= 11 is 0. The number of fused-ring (bicyclic) bond motifs is 1. The van der Waals surface area contributed by atoms with Gasteiger partial charge in [-0.15, -0.1) is 0 Å². The quantitative estimate of drug-likeness (QED) is 0.710. The van der Waals surface area contributed by atoms with E-state index in [2.05, 4.69) is 10.3 Å². The van der Waals surface area contributed by atoms with E-state index in [1.165, 1.54) is 12.1 Å². The first-order valence-electron chi connectivity index (χ1n) is 9.52. The first kappa shape index (κ1) is 19.1. The van der Waals surface area contributed by atoms with Gasteiger partial charge < -0.3 is 19.9 Å². The fourth-order valence-corrected chi connectivity index (χ4v) is 3.70. The van der Waals surface area contributed by atoms with Crippen molar-refractivity contribution in [3.8, 4) is 0 Å². The maximum absolute atomic E-state index is 13.7. The monoisotopic (exact) mass is 395 g/mol. The maximum Gasteiger partial charge on any atom is 0.258 e. The van der Waals surface area contributed by atoms with Crippen molar-refractivity contribution in [2.75, 3.05) is 25.0 Å². The number of carbonyl (C=O) groups excluding carboxylic acids is 2. The Labute approximate surface area is 167 Å². The van der Waals surface area contributed by atoms with Crippen molar-refractivity contribution in [3.05, 3.63) is 65.1 Å². The van der Waals surface area contributed by atoms with Crippen molar-refractivity contribution < 1.29 is 18.7 Å². The zero-order valence-corrected chi connectivity index (χ0v) is 16.3. The Morgan fingerprint density at radius 3 is 2.86 bits per heavy atom. The molecule has 2 N–H and O–H groups in total. The van der Waals surface area contributed by atoms with Gasteiger partial charge in [0.1, 0.15) is 5.82 Å². The summed E-state index contributed by atoms with van der Waals surface area (Å²) in [6, 6.07) is 11.1. The maximum atomic E-state index is 13.7. The number of aromatic amines is 1. The minimum absolute atomic E-state index is 0.000767. The second kappa shape index (κ2) is 7.67. The Morgan fingerprint density at radius 1 is 1.24 bits per heavy atom. The summed E-state index contributed by atoms with van der Waals surface area (Å²) in [6.07, 6.45) is 0.000767. The molecule has 1 aromatic heterocycles. The number of hydrogen-bond acceptors (Lipinski definition) is 3. The highest BCUT2D eigenvalue weighted by Crippen LogP contribution is 2.24. The average Bonchev–Trinajstić information content (AvgIpc) is 3.02. The van der Waals surface area contributed by atoms with Crippen LogP contribution in [0.15, 0.2) is 42.5 Å². The molecule has 2 amide bonds. The number of morpholine rings is 1. The van der Waals surface area contributed by atoms with Gasteiger partial charge in [0.2, 0.25) is 0 Å². The number of H-pyrrole nitrogens is 1. The molecule has 1 saturated heterocycles. The number of benzene rings is 2. The van der Waals surface area contributed by atoms with Gasteiger partial charge in [0.15, 0.2) is 0 Å². The molecule has 0 aliphatic carbocycles. The van der Waals surface area contributed by atoms with E-state index in [4.69, 9.17) is 4.74 Å². The Bertz CT molecular complexity index is 1090. The number of hydrogen-bond donors (Lipinski definition) is 2. The number of amides is 2. The van der Waals surface area contributed by atoms with Crippen molar-refractivity contribution in [3.63, 3.8) is 0 Å². The Kier molecular flexibility index (Phi) is 5.07. The molecule has 1 aliphatic heterocycles. The van der Waals surface area contributed by atoms with Gasteiger partial charge in [-0.3, -0.25) is 9.59 Å². The highest BCUT2D eigenvalue weighted by molar-refractivity contribution is 6.14. The van der Waals surface area contributed by atoms with E-state index in [1.807, 2.05) is 6.92 Å². The van der Waals surface area contributed by atoms with Gasteiger partial charge in [0, 0.05) is 40.9 Å². The SMILES string of the molecule is Cc1[nH]c2ccc(F)cc2c1C(=O)Nc1cccc(C(=O)N2CCOC(C)C2)c1. The van der Waals surface area contributed by atoms with Crippen molar-refractivity contribution in [1.29, 1.82) is 0 Å². The normalized spacial score (nSPS) is 16.8. The average molecular weight is 395 g/mol. The smallest absolute Gasteiger partial charge is 0.258 e. The summed E-state index contributed by atoms with van der Waals surface area (Å²) in [7, 11) is 0. The van der Waals surface area contributed by atoms with Crippen molar-refractivity contribution in [2.45, 2.75) is 20.0 Å². The molecule has 29 heavy (non-hydrogen) atoms. The van der Waals surface area contributed by atoms with Gasteiger partial charge in [-0.2, -0.15) is 0 Å². The third-order valence-electron chi connectivity index (χ3n) is 5.07. The van der Waals surface area contributed by atoms with Crippen LogP contribution in [-0.4, -0.2) is 47.5 Å². The largest absolute Gasteiger partial charge is 0.375 e. The van der Waals surface area contributed by atoms with Gasteiger partial charge in [-0.25, -0.2) is 4.39 Å². The van der Waals surface area contributed by atoms with Crippen LogP contribution in [0.4, 0.5) is 10.1 Å². The summed E-state index contributed by atoms with van der Waals surface area (Å²) in [6.45, 7) is 5.30. The Morgan fingerprint density at radius 2 is 2.07 bits per heavy atom. The molecule has 1 atom stereocenters. The van der Waals surface area contributed by atoms with E-state index in [0.29, 0.717) is 53.1 Å². The van der Waals surface area contributed by atoms with Crippen LogP contribution in [0.3, 0.4) is 0 Å². The zero-order chi connectivity index (χ0) is 20.5. The summed E-state index contributed by atoms with van der Waals surface area (Å²) in [5.74, 6) is -0.858. The number of anilines is 1. The van der Waals surface area contributed by atoms with Crippen LogP contribution in [0.1, 0.15) is 33.3 Å². The molecule has 1 aliphatic rings. The number of aromatic nitrogens is 1. The molecule has 0 saturated carbocycles. The summed E-state index contributed by atoms with van der Waals surface area (Å²) in [4.78, 5) is 30.5. The lowest BCUT2D eigenvalue weighted by molar-refractivity contribution is -0.0124. The van der Waals surface area contributed by atoms with Gasteiger partial charge in [0.25, 0.3) is 11.8 Å². The number of carbonyl (C=O) groups is 2. The van der Waals surface area contributed by atoms with Crippen LogP contribution < -0.4 is 5.32 Å². The number of nitrogens with zero attached hydrogens (tertiary/aromatic N) is 1. The molecule has 4 rings (SSSR count). The topological polar surface area (TPSA) is 74.4 Å². The molecule has 0 spiro atoms. The van der Waals surface area contributed by atoms with E-state index in [0.717, 1.165) is 0 Å². The molecule has 2 heterocycles. The lowest BCUT2D eigenvalue weighted by Crippen LogP contribution is -2.44. The molecule has 6 nitrogen and oxygen atoms in total. The number of halogens is 1. The number of nitrogens with one attached hydrogen (secondary N) is 2. The standard InChI is InChI=1S/C22H22FN3O3/c1-13-12-26(8-9-29-13)22(28)15-4-3-5-17(10-15)25-21(27)20-14(2)24-19-7-6-16(23)11-18(19)20/h3-7,10-11,13,24H,8-9,12H2,1-2H3,(H,25,27). The highest BCUT2D eigenvalue weighted by atomic mass is 19.1. The van der Waals surface area contributed by atoms with Gasteiger partial charge in [-0.1, -0.05) is 6.07 Å². The van der Waals surface area contributed by atoms with Crippen molar-refractivity contribution >= 4 is 28.4 Å². The molecule has 150 valence electrons. The minimum Gasteiger partial charge on any atom is -0.375 e. The van der Waals surface area contributed by atoms with Gasteiger partial charge in [-0.05, 0) is 50.2 Å². The fourth-order valence-electron chi connectivity index (χ4n) is 3.70. The molecule has 7 heteroatoms. The molecule has 0 bridgehead atoms. The second-order valence-corrected chi connectivity index (χ2v) is 7.28. The van der Waals surface area contributed by atoms with E-state index in [-0.39, 0.29) is 17.9 Å². The first-order valence-corrected chi connectivity index (χ1v) is 9.52. The van der Waals surface area contributed by atoms with Crippen molar-refractivity contribution in [1.82, 2.24) is 9.88 Å². The van der Waals surface area contributed by atoms with Crippen LogP contribution in [0, 0.1) is 12.7 Å². The Balaban J connectivity index is 1.57. The molecule has 3 aromatic rings. The lowest BCUT2D eigenvalue weighted by Gasteiger charge is -2.31. The molecule has 1 unspecified atom stereocenters. The first-order chi connectivity index (χ1) is 13.9. The second-order valence-electron chi connectivity index (χ2n) is 7.28. The van der Waals surface area contributed by atoms with Crippen molar-refractivity contribution in [2.24, 2.45) is 0 Å². The van der Waals surface area contributed by atoms with E-state index in [1.54, 1.807) is 42.2 Å². The van der Waals surface area contributed by atoms with Crippen LogP contribution in [0.25, 0.3) is 10.9 Å². The number of rotatable bonds is 3. The van der Waals surface area contributed by atoms with Crippen LogP contribution in [-0.2, 0) is 4.74 Å². The summed E-state index contributed by atoms with van der Waals surface area (Å²) < 4.78 is 19.2. The molecule has 2 aromatic carbocycles. The highest BCUT2D eigenvalue weighted by Gasteiger charge is 2.23. The molecular formula is C22H22FN3O3. The predicted octanol–water partition coefficient (Wildman–Crippen LogP) is 3.73. The summed E-state index contributed by atoms with van der Waals surface area (Å²) in [5, 5.41) is 3.35. The molecule has 1 fully saturated rings. The van der Waals surface area contributed by atoms with Crippen LogP contribution in [0.2, 0.25) is 0 Å². The van der Waals surface area contributed by atoms with Gasteiger partial charge >= 0.3 is 0 Å². The van der Waals surface area contributed by atoms with Gasteiger partial charge in [0.05, 0.1) is 18.3 Å². The van der Waals surface area contributed by atoms with E-state index < -0.39 is 5.82 Å².